The second-order valence-electron chi connectivity index (χ2n) is 5.10. The summed E-state index contributed by atoms with van der Waals surface area (Å²) in [4.78, 5) is 11.8. The molecule has 1 heterocycles. The lowest BCUT2D eigenvalue weighted by Gasteiger charge is -2.16. The molecule has 2 atom stereocenters. The van der Waals surface area contributed by atoms with Crippen molar-refractivity contribution in [1.82, 2.24) is 16.2 Å². The number of hydrogen-bond acceptors (Lipinski definition) is 4. The molecule has 1 aliphatic heterocycles. The predicted octanol–water partition coefficient (Wildman–Crippen LogP) is 0.663. The minimum atomic E-state index is -0.0958. The average Bonchev–Trinajstić information content (AvgIpc) is 2.71. The van der Waals surface area contributed by atoms with Crippen molar-refractivity contribution in [2.45, 2.75) is 32.9 Å². The van der Waals surface area contributed by atoms with Gasteiger partial charge in [0.1, 0.15) is 5.75 Å². The molecule has 0 bridgehead atoms. The van der Waals surface area contributed by atoms with Crippen molar-refractivity contribution in [2.24, 2.45) is 0 Å². The highest BCUT2D eigenvalue weighted by Crippen LogP contribution is 2.15. The van der Waals surface area contributed by atoms with Crippen LogP contribution < -0.4 is 20.9 Å². The van der Waals surface area contributed by atoms with Crippen molar-refractivity contribution in [3.63, 3.8) is 0 Å². The summed E-state index contributed by atoms with van der Waals surface area (Å²) in [5.41, 5.74) is 8.33. The van der Waals surface area contributed by atoms with E-state index in [-0.39, 0.29) is 24.6 Å². The van der Waals surface area contributed by atoms with Crippen molar-refractivity contribution >= 4 is 5.91 Å². The molecule has 104 valence electrons. The molecule has 1 amide bonds. The van der Waals surface area contributed by atoms with Crippen LogP contribution in [0.1, 0.15) is 18.1 Å². The highest BCUT2D eigenvalue weighted by atomic mass is 16.5. The van der Waals surface area contributed by atoms with Gasteiger partial charge in [0.25, 0.3) is 5.91 Å². The zero-order chi connectivity index (χ0) is 13.8. The molecule has 0 spiro atoms. The van der Waals surface area contributed by atoms with Crippen LogP contribution in [0.15, 0.2) is 18.2 Å². The van der Waals surface area contributed by atoms with E-state index in [0.29, 0.717) is 0 Å². The minimum absolute atomic E-state index is 0.0477. The Hall–Kier alpha value is -1.59. The second kappa shape index (κ2) is 6.04. The van der Waals surface area contributed by atoms with E-state index in [1.165, 1.54) is 0 Å². The first-order chi connectivity index (χ1) is 9.04. The zero-order valence-electron chi connectivity index (χ0n) is 11.6. The van der Waals surface area contributed by atoms with E-state index in [9.17, 15) is 4.79 Å². The molecule has 19 heavy (non-hydrogen) atoms. The monoisotopic (exact) mass is 263 g/mol. The molecular weight excluding hydrogens is 242 g/mol. The maximum absolute atomic E-state index is 11.8. The lowest BCUT2D eigenvalue weighted by molar-refractivity contribution is -0.123. The van der Waals surface area contributed by atoms with E-state index in [1.807, 2.05) is 32.9 Å². The third-order valence-electron chi connectivity index (χ3n) is 3.17. The third-order valence-corrected chi connectivity index (χ3v) is 3.17. The Balaban J connectivity index is 1.83. The van der Waals surface area contributed by atoms with Crippen molar-refractivity contribution < 1.29 is 9.53 Å². The number of amides is 1. The molecule has 5 nitrogen and oxygen atoms in total. The number of ether oxygens (including phenoxy) is 1. The molecular formula is C14H21N3O2. The molecule has 2 rings (SSSR count). The van der Waals surface area contributed by atoms with Crippen molar-refractivity contribution in [1.29, 1.82) is 0 Å². The van der Waals surface area contributed by atoms with Crippen LogP contribution in [0.25, 0.3) is 0 Å². The largest absolute Gasteiger partial charge is 0.484 e. The fraction of sp³-hybridized carbons (Fsp3) is 0.500. The van der Waals surface area contributed by atoms with Crippen molar-refractivity contribution in [2.75, 3.05) is 13.2 Å². The Labute approximate surface area is 113 Å². The molecule has 1 saturated heterocycles. The van der Waals surface area contributed by atoms with Crippen LogP contribution in [-0.2, 0) is 4.79 Å². The van der Waals surface area contributed by atoms with Gasteiger partial charge in [0.2, 0.25) is 0 Å². The highest BCUT2D eigenvalue weighted by molar-refractivity contribution is 5.78. The van der Waals surface area contributed by atoms with Crippen LogP contribution in [0.3, 0.4) is 0 Å². The summed E-state index contributed by atoms with van der Waals surface area (Å²) in [7, 11) is 0. The molecule has 0 aromatic heterocycles. The first-order valence-electron chi connectivity index (χ1n) is 6.53. The minimum Gasteiger partial charge on any atom is -0.484 e. The van der Waals surface area contributed by atoms with Crippen LogP contribution in [0.4, 0.5) is 0 Å². The van der Waals surface area contributed by atoms with Crippen LogP contribution in [0.2, 0.25) is 0 Å². The first-order valence-corrected chi connectivity index (χ1v) is 6.53. The summed E-state index contributed by atoms with van der Waals surface area (Å²) in [5.74, 6) is 0.643. The van der Waals surface area contributed by atoms with Gasteiger partial charge < -0.3 is 10.1 Å². The molecule has 1 aliphatic rings. The van der Waals surface area contributed by atoms with Crippen LogP contribution in [0, 0.1) is 13.8 Å². The van der Waals surface area contributed by atoms with Gasteiger partial charge in [0.15, 0.2) is 6.61 Å². The number of carbonyl (C=O) groups excluding carboxylic acids is 1. The third kappa shape index (κ3) is 3.94. The number of benzene rings is 1. The molecule has 5 heteroatoms. The van der Waals surface area contributed by atoms with Gasteiger partial charge in [-0.3, -0.25) is 15.6 Å². The number of hydrazine groups is 1. The van der Waals surface area contributed by atoms with Gasteiger partial charge in [-0.05, 0) is 44.0 Å². The summed E-state index contributed by atoms with van der Waals surface area (Å²) < 4.78 is 5.52. The SMILES string of the molecule is Cc1cc(C)cc(OCC(=O)NC2CNNC2C)c1. The molecule has 3 N–H and O–H groups in total. The number of hydrogen-bond donors (Lipinski definition) is 3. The quantitative estimate of drug-likeness (QED) is 0.747. The Morgan fingerprint density at radius 3 is 2.63 bits per heavy atom. The smallest absolute Gasteiger partial charge is 0.258 e. The zero-order valence-corrected chi connectivity index (χ0v) is 11.6. The molecule has 0 aliphatic carbocycles. The topological polar surface area (TPSA) is 62.4 Å². The van der Waals surface area contributed by atoms with Crippen LogP contribution >= 0.6 is 0 Å². The van der Waals surface area contributed by atoms with Gasteiger partial charge in [-0.15, -0.1) is 0 Å². The van der Waals surface area contributed by atoms with E-state index in [0.717, 1.165) is 23.4 Å². The van der Waals surface area contributed by atoms with E-state index < -0.39 is 0 Å². The number of rotatable bonds is 4. The lowest BCUT2D eigenvalue weighted by atomic mass is 10.1. The Bertz CT molecular complexity index is 442. The van der Waals surface area contributed by atoms with E-state index in [2.05, 4.69) is 22.2 Å². The van der Waals surface area contributed by atoms with Crippen molar-refractivity contribution in [3.05, 3.63) is 29.3 Å². The predicted molar refractivity (Wildman–Crippen MR) is 73.9 cm³/mol. The van der Waals surface area contributed by atoms with Crippen molar-refractivity contribution in [3.8, 4) is 5.75 Å². The average molecular weight is 263 g/mol. The molecule has 0 radical (unpaired) electrons. The molecule has 1 aromatic rings. The summed E-state index contributed by atoms with van der Waals surface area (Å²) in [5, 5.41) is 2.94. The summed E-state index contributed by atoms with van der Waals surface area (Å²) in [6.45, 7) is 6.83. The van der Waals surface area contributed by atoms with Gasteiger partial charge >= 0.3 is 0 Å². The first kappa shape index (κ1) is 13.8. The Kier molecular flexibility index (Phi) is 4.39. The number of carbonyl (C=O) groups is 1. The van der Waals surface area contributed by atoms with Gasteiger partial charge in [-0.25, -0.2) is 0 Å². The fourth-order valence-electron chi connectivity index (χ4n) is 2.20. The highest BCUT2D eigenvalue weighted by Gasteiger charge is 2.24. The molecule has 2 unspecified atom stereocenters. The standard InChI is InChI=1S/C14H21N3O2/c1-9-4-10(2)6-12(5-9)19-8-14(18)16-13-7-15-17-11(13)3/h4-6,11,13,15,17H,7-8H2,1-3H3,(H,16,18). The number of aryl methyl sites for hydroxylation is 2. The van der Waals surface area contributed by atoms with Gasteiger partial charge in [-0.1, -0.05) is 6.07 Å². The number of nitrogens with one attached hydrogen (secondary N) is 3. The van der Waals surface area contributed by atoms with Crippen LogP contribution in [0.5, 0.6) is 5.75 Å². The second-order valence-corrected chi connectivity index (χ2v) is 5.10. The molecule has 0 saturated carbocycles. The maximum Gasteiger partial charge on any atom is 0.258 e. The molecule has 1 aromatic carbocycles. The Morgan fingerprint density at radius 2 is 2.05 bits per heavy atom. The van der Waals surface area contributed by atoms with Crippen LogP contribution in [-0.4, -0.2) is 31.1 Å². The fourth-order valence-corrected chi connectivity index (χ4v) is 2.20. The van der Waals surface area contributed by atoms with Gasteiger partial charge in [0.05, 0.1) is 6.04 Å². The maximum atomic E-state index is 11.8. The summed E-state index contributed by atoms with van der Waals surface area (Å²) in [6, 6.07) is 6.27. The normalized spacial score (nSPS) is 22.3. The van der Waals surface area contributed by atoms with E-state index in [1.54, 1.807) is 0 Å². The lowest BCUT2D eigenvalue weighted by Crippen LogP contribution is -2.45. The van der Waals surface area contributed by atoms with Gasteiger partial charge in [0, 0.05) is 12.6 Å². The van der Waals surface area contributed by atoms with Gasteiger partial charge in [-0.2, -0.15) is 0 Å². The Morgan fingerprint density at radius 1 is 1.37 bits per heavy atom. The molecule has 1 fully saturated rings. The van der Waals surface area contributed by atoms with E-state index >= 15 is 0 Å². The summed E-state index contributed by atoms with van der Waals surface area (Å²) >= 11 is 0. The van der Waals surface area contributed by atoms with E-state index in [4.69, 9.17) is 4.74 Å². The summed E-state index contributed by atoms with van der Waals surface area (Å²) in [6.07, 6.45) is 0.